The maximum atomic E-state index is 11.8. The quantitative estimate of drug-likeness (QED) is 0.377. The van der Waals surface area contributed by atoms with E-state index in [9.17, 15) is 4.79 Å². The van der Waals surface area contributed by atoms with Gasteiger partial charge in [-0.15, -0.1) is 0 Å². The van der Waals surface area contributed by atoms with Crippen molar-refractivity contribution in [3.8, 4) is 0 Å². The van der Waals surface area contributed by atoms with E-state index in [0.29, 0.717) is 24.5 Å². The average molecular weight is 385 g/mol. The van der Waals surface area contributed by atoms with Gasteiger partial charge in [-0.3, -0.25) is 4.99 Å². The number of aliphatic imine (C=N–C) groups is 1. The van der Waals surface area contributed by atoms with Crippen LogP contribution in [0.25, 0.3) is 0 Å². The zero-order chi connectivity index (χ0) is 20.1. The maximum absolute atomic E-state index is 11.8. The fourth-order valence-corrected chi connectivity index (χ4v) is 3.77. The number of ether oxygens (including phenoxy) is 2. The molecule has 7 nitrogen and oxygen atoms in total. The Labute approximate surface area is 165 Å². The molecule has 1 amide bonds. The molecule has 0 aliphatic heterocycles. The number of nitrogens with zero attached hydrogens (tertiary/aromatic N) is 1. The van der Waals surface area contributed by atoms with Gasteiger partial charge in [-0.25, -0.2) is 4.79 Å². The van der Waals surface area contributed by atoms with Crippen LogP contribution in [0.2, 0.25) is 0 Å². The molecule has 27 heavy (non-hydrogen) atoms. The third-order valence-electron chi connectivity index (χ3n) is 5.22. The molecule has 0 radical (unpaired) electrons. The number of carbonyl (C=O) groups is 1. The van der Waals surface area contributed by atoms with Gasteiger partial charge in [0.25, 0.3) is 0 Å². The number of nitrogens with one attached hydrogen (secondary N) is 3. The topological polar surface area (TPSA) is 84.0 Å². The number of hydrogen-bond acceptors (Lipinski definition) is 4. The van der Waals surface area contributed by atoms with Gasteiger partial charge in [0, 0.05) is 39.9 Å². The largest absolute Gasteiger partial charge is 0.450 e. The Morgan fingerprint density at radius 3 is 2.48 bits per heavy atom. The molecular weight excluding hydrogens is 344 g/mol. The predicted molar refractivity (Wildman–Crippen MR) is 110 cm³/mol. The zero-order valence-electron chi connectivity index (χ0n) is 17.9. The lowest BCUT2D eigenvalue weighted by atomic mass is 9.83. The molecule has 158 valence electrons. The summed E-state index contributed by atoms with van der Waals surface area (Å²) in [5, 5.41) is 9.78. The summed E-state index contributed by atoms with van der Waals surface area (Å²) < 4.78 is 10.3. The number of hydrogen-bond donors (Lipinski definition) is 3. The van der Waals surface area contributed by atoms with Gasteiger partial charge in [0.15, 0.2) is 5.96 Å². The molecular formula is C20H40N4O3. The van der Waals surface area contributed by atoms with E-state index in [1.807, 2.05) is 6.92 Å². The smallest absolute Gasteiger partial charge is 0.407 e. The molecule has 0 aromatic carbocycles. The summed E-state index contributed by atoms with van der Waals surface area (Å²) in [6.45, 7) is 8.79. The Balaban J connectivity index is 2.53. The van der Waals surface area contributed by atoms with Gasteiger partial charge in [-0.1, -0.05) is 26.7 Å². The van der Waals surface area contributed by atoms with Gasteiger partial charge in [0.2, 0.25) is 0 Å². The second-order valence-electron chi connectivity index (χ2n) is 7.95. The molecule has 1 rings (SSSR count). The lowest BCUT2D eigenvalue weighted by molar-refractivity contribution is 0.138. The van der Waals surface area contributed by atoms with Crippen molar-refractivity contribution in [2.24, 2.45) is 16.3 Å². The highest BCUT2D eigenvalue weighted by Crippen LogP contribution is 2.40. The molecule has 1 aliphatic carbocycles. The predicted octanol–water partition coefficient (Wildman–Crippen LogP) is 2.91. The van der Waals surface area contributed by atoms with Crippen molar-refractivity contribution in [3.63, 3.8) is 0 Å². The minimum absolute atomic E-state index is 0.00321. The summed E-state index contributed by atoms with van der Waals surface area (Å²) in [4.78, 5) is 16.1. The van der Waals surface area contributed by atoms with Crippen molar-refractivity contribution in [3.05, 3.63) is 0 Å². The van der Waals surface area contributed by atoms with Crippen LogP contribution in [-0.4, -0.2) is 58.6 Å². The fourth-order valence-electron chi connectivity index (χ4n) is 3.77. The molecule has 7 heteroatoms. The van der Waals surface area contributed by atoms with Gasteiger partial charge in [0.05, 0.1) is 6.61 Å². The average Bonchev–Trinajstić information content (AvgIpc) is 3.09. The number of alkyl carbamates (subject to hydrolysis) is 1. The number of guanidine groups is 1. The van der Waals surface area contributed by atoms with E-state index in [-0.39, 0.29) is 12.1 Å². The highest BCUT2D eigenvalue weighted by atomic mass is 16.5. The van der Waals surface area contributed by atoms with E-state index in [0.717, 1.165) is 32.0 Å². The summed E-state index contributed by atoms with van der Waals surface area (Å²) in [6.07, 6.45) is 6.64. The van der Waals surface area contributed by atoms with Crippen LogP contribution in [0.4, 0.5) is 4.79 Å². The molecule has 1 atom stereocenters. The number of amides is 1. The maximum Gasteiger partial charge on any atom is 0.407 e. The summed E-state index contributed by atoms with van der Waals surface area (Å²) >= 11 is 0. The summed E-state index contributed by atoms with van der Waals surface area (Å²) in [5.74, 6) is 1.25. The van der Waals surface area contributed by atoms with Crippen molar-refractivity contribution >= 4 is 12.1 Å². The van der Waals surface area contributed by atoms with Gasteiger partial charge >= 0.3 is 6.09 Å². The second kappa shape index (κ2) is 12.8. The van der Waals surface area contributed by atoms with Crippen molar-refractivity contribution in [2.75, 3.05) is 40.5 Å². The normalized spacial score (nSPS) is 17.6. The van der Waals surface area contributed by atoms with Crippen molar-refractivity contribution in [1.29, 1.82) is 0 Å². The fraction of sp³-hybridized carbons (Fsp3) is 0.900. The lowest BCUT2D eigenvalue weighted by Gasteiger charge is -2.30. The molecule has 0 aromatic rings. The van der Waals surface area contributed by atoms with Crippen LogP contribution < -0.4 is 16.0 Å². The first kappa shape index (κ1) is 23.5. The van der Waals surface area contributed by atoms with Gasteiger partial charge in [0.1, 0.15) is 0 Å². The van der Waals surface area contributed by atoms with E-state index in [2.05, 4.69) is 34.8 Å². The minimum Gasteiger partial charge on any atom is -0.450 e. The molecule has 0 aromatic heterocycles. The van der Waals surface area contributed by atoms with Crippen LogP contribution >= 0.6 is 0 Å². The number of carbonyl (C=O) groups excluding carboxylic acids is 1. The molecule has 0 heterocycles. The van der Waals surface area contributed by atoms with Crippen molar-refractivity contribution in [1.82, 2.24) is 16.0 Å². The second-order valence-corrected chi connectivity index (χ2v) is 7.95. The summed E-state index contributed by atoms with van der Waals surface area (Å²) in [6, 6.07) is -0.00321. The highest BCUT2D eigenvalue weighted by Gasteiger charge is 2.33. The van der Waals surface area contributed by atoms with Crippen LogP contribution in [0.5, 0.6) is 0 Å². The van der Waals surface area contributed by atoms with E-state index < -0.39 is 0 Å². The van der Waals surface area contributed by atoms with Crippen LogP contribution in [0.3, 0.4) is 0 Å². The SMILES string of the molecule is CCOC(=O)NC(CNC(=NC)NCC1(CCOC)CCCC1)CC(C)C. The van der Waals surface area contributed by atoms with Crippen LogP contribution in [0.15, 0.2) is 4.99 Å². The van der Waals surface area contributed by atoms with Crippen LogP contribution in [-0.2, 0) is 9.47 Å². The Kier molecular flexibility index (Phi) is 11.2. The van der Waals surface area contributed by atoms with Gasteiger partial charge in [-0.2, -0.15) is 0 Å². The first-order valence-corrected chi connectivity index (χ1v) is 10.3. The standard InChI is InChI=1S/C20H40N4O3/c1-6-27-19(25)24-17(13-16(2)3)14-22-18(21-4)23-15-20(11-12-26-5)9-7-8-10-20/h16-17H,6-15H2,1-5H3,(H,24,25)(H2,21,22,23). The van der Waals surface area contributed by atoms with Crippen molar-refractivity contribution in [2.45, 2.75) is 65.3 Å². The number of rotatable bonds is 11. The van der Waals surface area contributed by atoms with Crippen LogP contribution in [0, 0.1) is 11.3 Å². The summed E-state index contributed by atoms with van der Waals surface area (Å²) in [7, 11) is 3.55. The molecule has 1 fully saturated rings. The molecule has 1 aliphatic rings. The van der Waals surface area contributed by atoms with E-state index in [4.69, 9.17) is 9.47 Å². The summed E-state index contributed by atoms with van der Waals surface area (Å²) in [5.41, 5.74) is 0.300. The molecule has 1 unspecified atom stereocenters. The van der Waals surface area contributed by atoms with E-state index >= 15 is 0 Å². The van der Waals surface area contributed by atoms with E-state index in [1.165, 1.54) is 25.7 Å². The van der Waals surface area contributed by atoms with Gasteiger partial charge < -0.3 is 25.4 Å². The first-order valence-electron chi connectivity index (χ1n) is 10.3. The molecule has 0 saturated heterocycles. The Hall–Kier alpha value is -1.50. The Bertz CT molecular complexity index is 449. The minimum atomic E-state index is -0.364. The highest BCUT2D eigenvalue weighted by molar-refractivity contribution is 5.79. The number of methoxy groups -OCH3 is 1. The molecule has 0 spiro atoms. The van der Waals surface area contributed by atoms with Crippen molar-refractivity contribution < 1.29 is 14.3 Å². The first-order chi connectivity index (χ1) is 12.9. The third kappa shape index (κ3) is 9.31. The Morgan fingerprint density at radius 2 is 1.93 bits per heavy atom. The van der Waals surface area contributed by atoms with Crippen LogP contribution in [0.1, 0.15) is 59.3 Å². The third-order valence-corrected chi connectivity index (χ3v) is 5.22. The zero-order valence-corrected chi connectivity index (χ0v) is 17.9. The monoisotopic (exact) mass is 384 g/mol. The molecule has 1 saturated carbocycles. The lowest BCUT2D eigenvalue weighted by Crippen LogP contribution is -2.49. The van der Waals surface area contributed by atoms with E-state index in [1.54, 1.807) is 14.2 Å². The van der Waals surface area contributed by atoms with Gasteiger partial charge in [-0.05, 0) is 43.9 Å². The Morgan fingerprint density at radius 1 is 1.22 bits per heavy atom. The molecule has 0 bridgehead atoms. The molecule has 3 N–H and O–H groups in total.